The molecule has 1 aromatic heterocycles. The van der Waals surface area contributed by atoms with Crippen molar-refractivity contribution in [3.63, 3.8) is 0 Å². The molecule has 1 aliphatic carbocycles. The fraction of sp³-hybridized carbons (Fsp3) is 0.364. The van der Waals surface area contributed by atoms with E-state index in [4.69, 9.17) is 21.3 Å². The van der Waals surface area contributed by atoms with Crippen LogP contribution in [0.5, 0.6) is 0 Å². The number of aliphatic hydroxyl groups excluding tert-OH is 1. The Hall–Kier alpha value is -2.24. The number of ether oxygens (including phenoxy) is 1. The average Bonchev–Trinajstić information content (AvgIpc) is 3.51. The van der Waals surface area contributed by atoms with Gasteiger partial charge in [-0.05, 0) is 50.0 Å². The van der Waals surface area contributed by atoms with Crippen LogP contribution in [0.3, 0.4) is 0 Å². The van der Waals surface area contributed by atoms with Gasteiger partial charge in [-0.25, -0.2) is 9.18 Å². The highest BCUT2D eigenvalue weighted by Crippen LogP contribution is 2.46. The molecule has 0 bridgehead atoms. The van der Waals surface area contributed by atoms with Crippen molar-refractivity contribution in [2.45, 2.75) is 45.6 Å². The maximum atomic E-state index is 13.7. The summed E-state index contributed by atoms with van der Waals surface area (Å²) in [6.07, 6.45) is 2.53. The van der Waals surface area contributed by atoms with Crippen molar-refractivity contribution in [3.05, 3.63) is 58.1 Å². The van der Waals surface area contributed by atoms with Crippen LogP contribution in [0.1, 0.15) is 66.3 Å². The molecular formula is C22H23ClFNO3. The lowest BCUT2D eigenvalue weighted by Gasteiger charge is -2.21. The molecule has 2 aromatic rings. The van der Waals surface area contributed by atoms with Crippen molar-refractivity contribution < 1.29 is 19.0 Å². The first-order chi connectivity index (χ1) is 13.4. The van der Waals surface area contributed by atoms with E-state index in [1.54, 1.807) is 6.92 Å². The number of pyridine rings is 1. The summed E-state index contributed by atoms with van der Waals surface area (Å²) in [7, 11) is 0. The fourth-order valence-electron chi connectivity index (χ4n) is 3.31. The van der Waals surface area contributed by atoms with Gasteiger partial charge in [-0.15, -0.1) is 0 Å². The lowest BCUT2D eigenvalue weighted by atomic mass is 9.89. The molecule has 0 saturated heterocycles. The number of aromatic nitrogens is 1. The second-order valence-corrected chi connectivity index (χ2v) is 7.22. The fourth-order valence-corrected chi connectivity index (χ4v) is 3.57. The lowest BCUT2D eigenvalue weighted by Crippen LogP contribution is -2.16. The van der Waals surface area contributed by atoms with Crippen molar-refractivity contribution in [2.75, 3.05) is 6.61 Å². The zero-order valence-electron chi connectivity index (χ0n) is 16.0. The van der Waals surface area contributed by atoms with E-state index in [1.165, 1.54) is 18.2 Å². The summed E-state index contributed by atoms with van der Waals surface area (Å²) in [6.45, 7) is 7.59. The average molecular weight is 404 g/mol. The molecule has 1 heterocycles. The molecule has 1 aliphatic rings. The van der Waals surface area contributed by atoms with Gasteiger partial charge < -0.3 is 9.84 Å². The monoisotopic (exact) mass is 403 g/mol. The Labute approximate surface area is 169 Å². The molecule has 0 atom stereocenters. The van der Waals surface area contributed by atoms with Crippen LogP contribution in [0.2, 0.25) is 5.02 Å². The first-order valence-corrected chi connectivity index (χ1v) is 9.78. The summed E-state index contributed by atoms with van der Waals surface area (Å²) < 4.78 is 18.9. The van der Waals surface area contributed by atoms with Crippen LogP contribution >= 0.6 is 11.6 Å². The van der Waals surface area contributed by atoms with Gasteiger partial charge in [-0.3, -0.25) is 4.98 Å². The minimum Gasteiger partial charge on any atom is -0.462 e. The standard InChI is InChI=1S/C22H23ClFNO3/c1-4-12(3)20-19(22(27)28-5-2)18(15-9-8-14(24)10-17(15)23)16(11-26)21(25-20)13-6-7-13/h8-10,13,26H,3-7,11H2,1-2H3. The van der Waals surface area contributed by atoms with E-state index in [-0.39, 0.29) is 29.7 Å². The number of hydrogen-bond acceptors (Lipinski definition) is 4. The third kappa shape index (κ3) is 3.82. The van der Waals surface area contributed by atoms with Crippen molar-refractivity contribution in [2.24, 2.45) is 0 Å². The number of hydrogen-bond donors (Lipinski definition) is 1. The second kappa shape index (κ2) is 8.41. The summed E-state index contributed by atoms with van der Waals surface area (Å²) in [5, 5.41) is 10.3. The van der Waals surface area contributed by atoms with Gasteiger partial charge in [0.15, 0.2) is 0 Å². The Kier molecular flexibility index (Phi) is 6.16. The Bertz CT molecular complexity index is 938. The van der Waals surface area contributed by atoms with Gasteiger partial charge in [0.05, 0.1) is 35.2 Å². The quantitative estimate of drug-likeness (QED) is 0.619. The topological polar surface area (TPSA) is 59.4 Å². The second-order valence-electron chi connectivity index (χ2n) is 6.81. The molecule has 0 aliphatic heterocycles. The number of rotatable bonds is 7. The largest absolute Gasteiger partial charge is 0.462 e. The molecular weight excluding hydrogens is 381 g/mol. The van der Waals surface area contributed by atoms with Crippen molar-refractivity contribution in [1.29, 1.82) is 0 Å². The van der Waals surface area contributed by atoms with Crippen LogP contribution in [0.25, 0.3) is 16.7 Å². The first kappa shape index (κ1) is 20.5. The lowest BCUT2D eigenvalue weighted by molar-refractivity contribution is 0.0526. The van der Waals surface area contributed by atoms with Gasteiger partial charge in [0.1, 0.15) is 5.82 Å². The number of benzene rings is 1. The molecule has 1 N–H and O–H groups in total. The molecule has 4 nitrogen and oxygen atoms in total. The zero-order valence-corrected chi connectivity index (χ0v) is 16.8. The van der Waals surface area contributed by atoms with Crippen molar-refractivity contribution >= 4 is 23.1 Å². The van der Waals surface area contributed by atoms with Gasteiger partial charge in [0.25, 0.3) is 0 Å². The number of halogens is 2. The molecule has 0 amide bonds. The smallest absolute Gasteiger partial charge is 0.340 e. The summed E-state index contributed by atoms with van der Waals surface area (Å²) in [4.78, 5) is 17.7. The van der Waals surface area contributed by atoms with Gasteiger partial charge in [0.2, 0.25) is 0 Å². The van der Waals surface area contributed by atoms with E-state index in [9.17, 15) is 14.3 Å². The highest BCUT2D eigenvalue weighted by molar-refractivity contribution is 6.33. The number of carbonyl (C=O) groups is 1. The molecule has 0 spiro atoms. The highest BCUT2D eigenvalue weighted by atomic mass is 35.5. The van der Waals surface area contributed by atoms with E-state index < -0.39 is 11.8 Å². The van der Waals surface area contributed by atoms with Crippen LogP contribution in [0, 0.1) is 5.82 Å². The number of allylic oxidation sites excluding steroid dienone is 1. The zero-order chi connectivity index (χ0) is 20.4. The third-order valence-electron chi connectivity index (χ3n) is 4.89. The minimum atomic E-state index is -0.563. The summed E-state index contributed by atoms with van der Waals surface area (Å²) >= 11 is 6.34. The third-order valence-corrected chi connectivity index (χ3v) is 5.21. The highest BCUT2D eigenvalue weighted by Gasteiger charge is 2.34. The Balaban J connectivity index is 2.42. The Morgan fingerprint density at radius 2 is 2.11 bits per heavy atom. The van der Waals surface area contributed by atoms with Crippen molar-refractivity contribution in [1.82, 2.24) is 4.98 Å². The van der Waals surface area contributed by atoms with Crippen LogP contribution < -0.4 is 0 Å². The molecule has 1 fully saturated rings. The maximum Gasteiger partial charge on any atom is 0.340 e. The molecule has 6 heteroatoms. The predicted octanol–water partition coefficient (Wildman–Crippen LogP) is 5.51. The number of nitrogens with zero attached hydrogens (tertiary/aromatic N) is 1. The molecule has 1 aromatic carbocycles. The van der Waals surface area contributed by atoms with E-state index in [0.29, 0.717) is 34.4 Å². The SMILES string of the molecule is C=C(CC)c1nc(C2CC2)c(CO)c(-c2ccc(F)cc2Cl)c1C(=O)OCC. The molecule has 3 rings (SSSR count). The minimum absolute atomic E-state index is 0.154. The van der Waals surface area contributed by atoms with Gasteiger partial charge in [0, 0.05) is 22.6 Å². The van der Waals surface area contributed by atoms with E-state index in [1.807, 2.05) is 6.92 Å². The predicted molar refractivity (Wildman–Crippen MR) is 108 cm³/mol. The summed E-state index contributed by atoms with van der Waals surface area (Å²) in [6, 6.07) is 3.99. The molecule has 148 valence electrons. The Morgan fingerprint density at radius 1 is 1.39 bits per heavy atom. The Morgan fingerprint density at radius 3 is 2.64 bits per heavy atom. The summed E-state index contributed by atoms with van der Waals surface area (Å²) in [5.74, 6) is -0.821. The van der Waals surface area contributed by atoms with Crippen LogP contribution in [0.15, 0.2) is 24.8 Å². The molecule has 0 radical (unpaired) electrons. The van der Waals surface area contributed by atoms with Crippen LogP contribution in [-0.4, -0.2) is 22.7 Å². The van der Waals surface area contributed by atoms with E-state index in [2.05, 4.69) is 6.58 Å². The number of aliphatic hydroxyl groups is 1. The van der Waals surface area contributed by atoms with E-state index >= 15 is 0 Å². The molecule has 28 heavy (non-hydrogen) atoms. The molecule has 0 unspecified atom stereocenters. The van der Waals surface area contributed by atoms with Gasteiger partial charge in [-0.2, -0.15) is 0 Å². The van der Waals surface area contributed by atoms with Crippen LogP contribution in [-0.2, 0) is 11.3 Å². The van der Waals surface area contributed by atoms with Crippen molar-refractivity contribution in [3.8, 4) is 11.1 Å². The van der Waals surface area contributed by atoms with Crippen LogP contribution in [0.4, 0.5) is 4.39 Å². The van der Waals surface area contributed by atoms with E-state index in [0.717, 1.165) is 18.5 Å². The number of esters is 1. The maximum absolute atomic E-state index is 13.7. The molecule has 1 saturated carbocycles. The number of carbonyl (C=O) groups excluding carboxylic acids is 1. The van der Waals surface area contributed by atoms with Gasteiger partial charge in [-0.1, -0.05) is 25.1 Å². The summed E-state index contributed by atoms with van der Waals surface area (Å²) in [5.41, 5.74) is 3.55. The normalized spacial score (nSPS) is 13.5. The van der Waals surface area contributed by atoms with Gasteiger partial charge >= 0.3 is 5.97 Å². The first-order valence-electron chi connectivity index (χ1n) is 9.41.